The lowest BCUT2D eigenvalue weighted by atomic mass is 10.2. The summed E-state index contributed by atoms with van der Waals surface area (Å²) in [6.07, 6.45) is 0.124. The fourth-order valence-corrected chi connectivity index (χ4v) is 1.48. The summed E-state index contributed by atoms with van der Waals surface area (Å²) in [5, 5.41) is 9.19. The Labute approximate surface area is 97.9 Å². The Morgan fingerprint density at radius 2 is 2.12 bits per heavy atom. The molecule has 6 nitrogen and oxygen atoms in total. The molecule has 0 unspecified atom stereocenters. The maximum Gasteiger partial charge on any atom is 0.231 e. The van der Waals surface area contributed by atoms with Gasteiger partial charge in [0.25, 0.3) is 0 Å². The van der Waals surface area contributed by atoms with Crippen molar-refractivity contribution in [1.82, 2.24) is 0 Å². The van der Waals surface area contributed by atoms with Gasteiger partial charge in [-0.2, -0.15) is 0 Å². The van der Waals surface area contributed by atoms with Gasteiger partial charge in [-0.3, -0.25) is 4.79 Å². The van der Waals surface area contributed by atoms with Crippen molar-refractivity contribution in [3.05, 3.63) is 17.7 Å². The topological polar surface area (TPSA) is 91.0 Å². The number of carbonyl (C=O) groups is 1. The van der Waals surface area contributed by atoms with Gasteiger partial charge in [0.2, 0.25) is 12.7 Å². The van der Waals surface area contributed by atoms with Gasteiger partial charge < -0.3 is 25.1 Å². The third-order valence-corrected chi connectivity index (χ3v) is 2.33. The summed E-state index contributed by atoms with van der Waals surface area (Å²) in [7, 11) is 0. The molecule has 6 heteroatoms. The van der Waals surface area contributed by atoms with E-state index in [0.29, 0.717) is 22.8 Å². The van der Waals surface area contributed by atoms with Crippen molar-refractivity contribution in [2.45, 2.75) is 13.0 Å². The Morgan fingerprint density at radius 3 is 2.76 bits per heavy atom. The maximum absolute atomic E-state index is 10.6. The van der Waals surface area contributed by atoms with Crippen LogP contribution in [0.25, 0.3) is 0 Å². The van der Waals surface area contributed by atoms with Gasteiger partial charge in [-0.05, 0) is 6.07 Å². The summed E-state index contributed by atoms with van der Waals surface area (Å²) in [5.41, 5.74) is 5.59. The van der Waals surface area contributed by atoms with E-state index in [1.165, 1.54) is 0 Å². The number of ether oxygens (including phenoxy) is 3. The van der Waals surface area contributed by atoms with Crippen LogP contribution in [-0.2, 0) is 11.4 Å². The first-order chi connectivity index (χ1) is 8.20. The Morgan fingerprint density at radius 1 is 1.41 bits per heavy atom. The molecule has 1 aliphatic heterocycles. The zero-order valence-corrected chi connectivity index (χ0v) is 9.14. The van der Waals surface area contributed by atoms with Gasteiger partial charge in [0, 0.05) is 11.6 Å². The molecule has 0 saturated carbocycles. The van der Waals surface area contributed by atoms with Crippen LogP contribution in [0.4, 0.5) is 0 Å². The van der Waals surface area contributed by atoms with E-state index < -0.39 is 5.91 Å². The summed E-state index contributed by atoms with van der Waals surface area (Å²) in [6, 6.07) is 3.29. The van der Waals surface area contributed by atoms with Gasteiger partial charge in [0.1, 0.15) is 5.75 Å². The number of aliphatic hydroxyl groups excluding tert-OH is 1. The number of fused-ring (bicyclic) bond motifs is 1. The van der Waals surface area contributed by atoms with Gasteiger partial charge in [-0.15, -0.1) is 0 Å². The van der Waals surface area contributed by atoms with Crippen LogP contribution in [0.15, 0.2) is 12.1 Å². The van der Waals surface area contributed by atoms with Gasteiger partial charge in [-0.25, -0.2) is 0 Å². The lowest BCUT2D eigenvalue weighted by molar-refractivity contribution is -0.118. The van der Waals surface area contributed by atoms with Crippen LogP contribution in [0.5, 0.6) is 17.2 Å². The molecule has 17 heavy (non-hydrogen) atoms. The number of amides is 1. The standard InChI is InChI=1S/C11H13NO5/c12-11(14)1-2-15-8-4-10-9(16-6-17-10)3-7(8)5-13/h3-4,13H,1-2,5-6H2,(H2,12,14). The first-order valence-electron chi connectivity index (χ1n) is 5.15. The maximum atomic E-state index is 10.6. The summed E-state index contributed by atoms with van der Waals surface area (Å²) < 4.78 is 15.7. The Bertz CT molecular complexity index is 432. The van der Waals surface area contributed by atoms with E-state index in [1.807, 2.05) is 0 Å². The lowest BCUT2D eigenvalue weighted by Gasteiger charge is -2.10. The number of aliphatic hydroxyl groups is 1. The van der Waals surface area contributed by atoms with Crippen LogP contribution >= 0.6 is 0 Å². The average molecular weight is 239 g/mol. The Hall–Kier alpha value is -1.95. The van der Waals surface area contributed by atoms with E-state index in [4.69, 9.17) is 19.9 Å². The van der Waals surface area contributed by atoms with Crippen LogP contribution in [-0.4, -0.2) is 24.4 Å². The summed E-state index contributed by atoms with van der Waals surface area (Å²) in [5.74, 6) is 1.18. The fourth-order valence-electron chi connectivity index (χ4n) is 1.48. The molecule has 2 rings (SSSR count). The van der Waals surface area contributed by atoms with Gasteiger partial charge in [0.15, 0.2) is 11.5 Å². The molecule has 92 valence electrons. The molecule has 1 aliphatic rings. The van der Waals surface area contributed by atoms with E-state index in [1.54, 1.807) is 12.1 Å². The summed E-state index contributed by atoms with van der Waals surface area (Å²) in [6.45, 7) is 0.148. The van der Waals surface area contributed by atoms with E-state index in [2.05, 4.69) is 0 Å². The SMILES string of the molecule is NC(=O)CCOc1cc2c(cc1CO)OCO2. The third kappa shape index (κ3) is 2.59. The number of primary amides is 1. The highest BCUT2D eigenvalue weighted by Crippen LogP contribution is 2.38. The molecule has 1 aromatic carbocycles. The largest absolute Gasteiger partial charge is 0.493 e. The number of rotatable bonds is 5. The average Bonchev–Trinajstić information content (AvgIpc) is 2.74. The number of hydrogen-bond donors (Lipinski definition) is 2. The number of nitrogens with two attached hydrogens (primary N) is 1. The van der Waals surface area contributed by atoms with Gasteiger partial charge >= 0.3 is 0 Å². The van der Waals surface area contributed by atoms with Crippen LogP contribution < -0.4 is 19.9 Å². The zero-order valence-electron chi connectivity index (χ0n) is 9.14. The minimum absolute atomic E-state index is 0.124. The Balaban J connectivity index is 2.12. The number of benzene rings is 1. The molecule has 0 aromatic heterocycles. The van der Waals surface area contributed by atoms with Crippen LogP contribution in [0.2, 0.25) is 0 Å². The van der Waals surface area contributed by atoms with Gasteiger partial charge in [-0.1, -0.05) is 0 Å². The predicted octanol–water partition coefficient (Wildman–Crippen LogP) is 0.162. The highest BCUT2D eigenvalue weighted by molar-refractivity contribution is 5.73. The molecular formula is C11H13NO5. The summed E-state index contributed by atoms with van der Waals surface area (Å²) in [4.78, 5) is 10.6. The minimum atomic E-state index is -0.434. The smallest absolute Gasteiger partial charge is 0.231 e. The molecule has 1 heterocycles. The van der Waals surface area contributed by atoms with Crippen molar-refractivity contribution in [3.63, 3.8) is 0 Å². The van der Waals surface area contributed by atoms with Crippen molar-refractivity contribution in [1.29, 1.82) is 0 Å². The number of hydrogen-bond acceptors (Lipinski definition) is 5. The molecule has 0 aliphatic carbocycles. The molecule has 1 aromatic rings. The van der Waals surface area contributed by atoms with Crippen molar-refractivity contribution >= 4 is 5.91 Å². The van der Waals surface area contributed by atoms with E-state index >= 15 is 0 Å². The van der Waals surface area contributed by atoms with Crippen LogP contribution in [0.3, 0.4) is 0 Å². The first-order valence-corrected chi connectivity index (χ1v) is 5.15. The van der Waals surface area contributed by atoms with Crippen molar-refractivity contribution in [2.24, 2.45) is 5.73 Å². The molecule has 1 amide bonds. The first kappa shape index (κ1) is 11.5. The van der Waals surface area contributed by atoms with Crippen LogP contribution in [0, 0.1) is 0 Å². The molecule has 0 radical (unpaired) electrons. The molecule has 0 atom stereocenters. The second kappa shape index (κ2) is 4.92. The summed E-state index contributed by atoms with van der Waals surface area (Å²) >= 11 is 0. The normalized spacial score (nSPS) is 12.5. The highest BCUT2D eigenvalue weighted by atomic mass is 16.7. The molecule has 3 N–H and O–H groups in total. The highest BCUT2D eigenvalue weighted by Gasteiger charge is 2.17. The molecular weight excluding hydrogens is 226 g/mol. The van der Waals surface area contributed by atoms with Crippen molar-refractivity contribution in [2.75, 3.05) is 13.4 Å². The Kier molecular flexibility index (Phi) is 3.34. The van der Waals surface area contributed by atoms with Gasteiger partial charge in [0.05, 0.1) is 19.6 Å². The molecule has 0 bridgehead atoms. The van der Waals surface area contributed by atoms with Crippen molar-refractivity contribution in [3.8, 4) is 17.2 Å². The minimum Gasteiger partial charge on any atom is -0.493 e. The second-order valence-electron chi connectivity index (χ2n) is 3.54. The quantitative estimate of drug-likeness (QED) is 0.763. The monoisotopic (exact) mass is 239 g/mol. The third-order valence-electron chi connectivity index (χ3n) is 2.33. The van der Waals surface area contributed by atoms with E-state index in [9.17, 15) is 9.90 Å². The zero-order chi connectivity index (χ0) is 12.3. The molecule has 0 spiro atoms. The number of carbonyl (C=O) groups excluding carboxylic acids is 1. The second-order valence-corrected chi connectivity index (χ2v) is 3.54. The lowest BCUT2D eigenvalue weighted by Crippen LogP contribution is -2.15. The van der Waals surface area contributed by atoms with Crippen LogP contribution in [0.1, 0.15) is 12.0 Å². The van der Waals surface area contributed by atoms with Crippen molar-refractivity contribution < 1.29 is 24.1 Å². The molecule has 0 saturated heterocycles. The predicted molar refractivity (Wildman–Crippen MR) is 57.8 cm³/mol. The molecule has 0 fully saturated rings. The fraction of sp³-hybridized carbons (Fsp3) is 0.364. The van der Waals surface area contributed by atoms with E-state index in [0.717, 1.165) is 0 Å². The van der Waals surface area contributed by atoms with E-state index in [-0.39, 0.29) is 26.4 Å².